The normalized spacial score (nSPS) is 17.4. The van der Waals surface area contributed by atoms with Crippen molar-refractivity contribution in [2.24, 2.45) is 12.5 Å². The second-order valence-electron chi connectivity index (χ2n) is 8.88. The predicted octanol–water partition coefficient (Wildman–Crippen LogP) is 3.29. The minimum absolute atomic E-state index is 0.405. The van der Waals surface area contributed by atoms with Crippen LogP contribution in [0.2, 0.25) is 0 Å². The van der Waals surface area contributed by atoms with Gasteiger partial charge in [0.05, 0.1) is 23.5 Å². The molecular formula is C24H23N7O. The summed E-state index contributed by atoms with van der Waals surface area (Å²) in [6.45, 7) is 3.83. The maximum absolute atomic E-state index is 9.61. The van der Waals surface area contributed by atoms with Gasteiger partial charge >= 0.3 is 0 Å². The van der Waals surface area contributed by atoms with Gasteiger partial charge in [-0.1, -0.05) is 0 Å². The number of nitriles is 1. The van der Waals surface area contributed by atoms with Gasteiger partial charge in [0.2, 0.25) is 0 Å². The van der Waals surface area contributed by atoms with Crippen molar-refractivity contribution in [3.05, 3.63) is 54.7 Å². The fourth-order valence-electron chi connectivity index (χ4n) is 4.93. The summed E-state index contributed by atoms with van der Waals surface area (Å²) < 4.78 is 9.07. The molecule has 0 bridgehead atoms. The van der Waals surface area contributed by atoms with Crippen LogP contribution in [0.3, 0.4) is 0 Å². The van der Waals surface area contributed by atoms with E-state index < -0.39 is 0 Å². The molecule has 0 aliphatic carbocycles. The van der Waals surface area contributed by atoms with Gasteiger partial charge < -0.3 is 9.64 Å². The van der Waals surface area contributed by atoms with Crippen LogP contribution >= 0.6 is 0 Å². The first-order chi connectivity index (χ1) is 15.6. The van der Waals surface area contributed by atoms with E-state index in [1.807, 2.05) is 31.8 Å². The second-order valence-corrected chi connectivity index (χ2v) is 8.88. The summed E-state index contributed by atoms with van der Waals surface area (Å²) in [4.78, 5) is 7.12. The van der Waals surface area contributed by atoms with Crippen LogP contribution in [0.25, 0.3) is 27.8 Å². The first-order valence-electron chi connectivity index (χ1n) is 10.8. The minimum Gasteiger partial charge on any atom is -0.381 e. The standard InChI is InChI=1S/C24H23N7O/c1-29-13-20(12-27-29)18-8-21(23-19(9-25)11-28-31(23)14-18)17-2-3-22(26-10-17)30-15-24(16-30)4-6-32-7-5-24/h2-3,8,10-14H,4-7,15-16H2,1H3. The number of aryl methyl sites for hydroxylation is 1. The third-order valence-electron chi connectivity index (χ3n) is 6.76. The van der Waals surface area contributed by atoms with Gasteiger partial charge in [0.15, 0.2) is 0 Å². The smallest absolute Gasteiger partial charge is 0.128 e. The molecule has 0 saturated carbocycles. The molecule has 0 N–H and O–H groups in total. The average molecular weight is 425 g/mol. The van der Waals surface area contributed by atoms with Crippen molar-refractivity contribution in [2.75, 3.05) is 31.2 Å². The molecule has 0 atom stereocenters. The van der Waals surface area contributed by atoms with Gasteiger partial charge in [-0.05, 0) is 31.0 Å². The molecule has 32 heavy (non-hydrogen) atoms. The van der Waals surface area contributed by atoms with E-state index in [0.29, 0.717) is 11.0 Å². The van der Waals surface area contributed by atoms with E-state index in [9.17, 15) is 5.26 Å². The highest BCUT2D eigenvalue weighted by molar-refractivity contribution is 5.87. The molecule has 4 aromatic rings. The van der Waals surface area contributed by atoms with Crippen LogP contribution in [-0.4, -0.2) is 50.7 Å². The molecule has 8 heteroatoms. The van der Waals surface area contributed by atoms with Crippen LogP contribution in [0.15, 0.2) is 49.2 Å². The molecule has 160 valence electrons. The summed E-state index contributed by atoms with van der Waals surface area (Å²) in [5.74, 6) is 0.999. The molecule has 0 amide bonds. The molecule has 2 saturated heterocycles. The molecule has 2 fully saturated rings. The molecule has 2 aliphatic heterocycles. The van der Waals surface area contributed by atoms with Crippen molar-refractivity contribution in [3.8, 4) is 28.3 Å². The summed E-state index contributed by atoms with van der Waals surface area (Å²) in [5, 5.41) is 18.3. The van der Waals surface area contributed by atoms with Crippen LogP contribution in [0.1, 0.15) is 18.4 Å². The molecule has 8 nitrogen and oxygen atoms in total. The highest BCUT2D eigenvalue weighted by Crippen LogP contribution is 2.42. The molecule has 6 rings (SSSR count). The lowest BCUT2D eigenvalue weighted by atomic mass is 9.73. The largest absolute Gasteiger partial charge is 0.381 e. The first-order valence-corrected chi connectivity index (χ1v) is 10.8. The van der Waals surface area contributed by atoms with E-state index in [1.54, 1.807) is 15.4 Å². The van der Waals surface area contributed by atoms with Gasteiger partial charge in [0.25, 0.3) is 0 Å². The zero-order valence-corrected chi connectivity index (χ0v) is 17.9. The number of rotatable bonds is 3. The van der Waals surface area contributed by atoms with Gasteiger partial charge in [-0.3, -0.25) is 4.68 Å². The van der Waals surface area contributed by atoms with Gasteiger partial charge in [0.1, 0.15) is 11.9 Å². The summed E-state index contributed by atoms with van der Waals surface area (Å²) >= 11 is 0. The zero-order valence-electron chi connectivity index (χ0n) is 17.9. The van der Waals surface area contributed by atoms with Gasteiger partial charge in [-0.15, -0.1) is 0 Å². The quantitative estimate of drug-likeness (QED) is 0.501. The van der Waals surface area contributed by atoms with E-state index in [0.717, 1.165) is 72.7 Å². The molecule has 2 aliphatic rings. The van der Waals surface area contributed by atoms with Crippen LogP contribution in [0.4, 0.5) is 5.82 Å². The van der Waals surface area contributed by atoms with Crippen molar-refractivity contribution in [1.82, 2.24) is 24.4 Å². The van der Waals surface area contributed by atoms with Gasteiger partial charge in [-0.2, -0.15) is 15.5 Å². The lowest BCUT2D eigenvalue weighted by Crippen LogP contribution is -2.58. The Bertz CT molecular complexity index is 1330. The lowest BCUT2D eigenvalue weighted by molar-refractivity contribution is -0.000451. The summed E-state index contributed by atoms with van der Waals surface area (Å²) in [6, 6.07) is 8.53. The number of pyridine rings is 2. The second kappa shape index (κ2) is 7.18. The summed E-state index contributed by atoms with van der Waals surface area (Å²) in [5.41, 5.74) is 5.62. The van der Waals surface area contributed by atoms with Crippen molar-refractivity contribution >= 4 is 11.3 Å². The Morgan fingerprint density at radius 1 is 1.00 bits per heavy atom. The predicted molar refractivity (Wildman–Crippen MR) is 120 cm³/mol. The molecular weight excluding hydrogens is 402 g/mol. The van der Waals surface area contributed by atoms with Crippen LogP contribution in [0.5, 0.6) is 0 Å². The summed E-state index contributed by atoms with van der Waals surface area (Å²) in [7, 11) is 1.90. The third-order valence-corrected chi connectivity index (χ3v) is 6.76. The topological polar surface area (TPSA) is 84.3 Å². The molecule has 1 spiro atoms. The Kier molecular flexibility index (Phi) is 4.26. The molecule has 0 unspecified atom stereocenters. The number of fused-ring (bicyclic) bond motifs is 1. The fraction of sp³-hybridized carbons (Fsp3) is 0.333. The number of nitrogens with zero attached hydrogens (tertiary/aromatic N) is 7. The minimum atomic E-state index is 0.405. The van der Waals surface area contributed by atoms with E-state index in [4.69, 9.17) is 9.72 Å². The summed E-state index contributed by atoms with van der Waals surface area (Å²) in [6.07, 6.45) is 11.5. The van der Waals surface area contributed by atoms with Crippen molar-refractivity contribution in [2.45, 2.75) is 12.8 Å². The number of aromatic nitrogens is 5. The maximum atomic E-state index is 9.61. The molecule has 0 radical (unpaired) electrons. The Balaban J connectivity index is 1.36. The van der Waals surface area contributed by atoms with E-state index >= 15 is 0 Å². The number of hydrogen-bond acceptors (Lipinski definition) is 6. The SMILES string of the molecule is Cn1cc(-c2cc(-c3ccc(N4CC5(CCOCC5)C4)nc3)c3c(C#N)cnn3c2)cn1. The third kappa shape index (κ3) is 3.05. The van der Waals surface area contributed by atoms with Gasteiger partial charge in [0, 0.05) is 79.6 Å². The van der Waals surface area contributed by atoms with Crippen molar-refractivity contribution in [3.63, 3.8) is 0 Å². The Labute approximate surface area is 185 Å². The van der Waals surface area contributed by atoms with Gasteiger partial charge in [-0.25, -0.2) is 9.50 Å². The lowest BCUT2D eigenvalue weighted by Gasteiger charge is -2.52. The molecule has 6 heterocycles. The highest BCUT2D eigenvalue weighted by Gasteiger charge is 2.44. The Morgan fingerprint density at radius 3 is 2.53 bits per heavy atom. The number of ether oxygens (including phenoxy) is 1. The Hall–Kier alpha value is -3.70. The first kappa shape index (κ1) is 19.0. The number of anilines is 1. The van der Waals surface area contributed by atoms with Crippen molar-refractivity contribution in [1.29, 1.82) is 5.26 Å². The van der Waals surface area contributed by atoms with Crippen LogP contribution < -0.4 is 4.90 Å². The highest BCUT2D eigenvalue weighted by atomic mass is 16.5. The average Bonchev–Trinajstić information content (AvgIpc) is 3.43. The Morgan fingerprint density at radius 2 is 1.84 bits per heavy atom. The van der Waals surface area contributed by atoms with Crippen LogP contribution in [-0.2, 0) is 11.8 Å². The number of hydrogen-bond donors (Lipinski definition) is 0. The van der Waals surface area contributed by atoms with E-state index in [-0.39, 0.29) is 0 Å². The van der Waals surface area contributed by atoms with E-state index in [1.165, 1.54) is 0 Å². The van der Waals surface area contributed by atoms with Crippen molar-refractivity contribution < 1.29 is 4.74 Å². The maximum Gasteiger partial charge on any atom is 0.128 e. The molecule has 0 aromatic carbocycles. The monoisotopic (exact) mass is 425 g/mol. The van der Waals surface area contributed by atoms with Crippen LogP contribution in [0, 0.1) is 16.7 Å². The zero-order chi connectivity index (χ0) is 21.7. The van der Waals surface area contributed by atoms with E-state index in [2.05, 4.69) is 39.4 Å². The fourth-order valence-corrected chi connectivity index (χ4v) is 4.93. The molecule has 4 aromatic heterocycles.